The van der Waals surface area contributed by atoms with Crippen LogP contribution in [0.4, 0.5) is 5.69 Å². The minimum Gasteiger partial charge on any atom is -0.464 e. The highest BCUT2D eigenvalue weighted by Gasteiger charge is 2.49. The fourth-order valence-electron chi connectivity index (χ4n) is 4.98. The van der Waals surface area contributed by atoms with Crippen LogP contribution in [0.2, 0.25) is 0 Å². The number of hydrogen-bond acceptors (Lipinski definition) is 5. The van der Waals surface area contributed by atoms with E-state index in [0.717, 1.165) is 36.8 Å². The van der Waals surface area contributed by atoms with E-state index in [0.29, 0.717) is 5.69 Å². The lowest BCUT2D eigenvalue weighted by Crippen LogP contribution is -2.65. The standard InChI is InChI=1S/C25H32N4O4/c1-16-11-12-20(17(2)13-16)29-22(30)21-14-19(23(31)33-4)27-28(21)15-25(29,3)24(32)26-18-9-7-5-6-8-10-18/h11-14,18H,5-10,15H2,1-4H3,(H,26,32)/t25-/m1/s1. The summed E-state index contributed by atoms with van der Waals surface area (Å²) < 4.78 is 6.25. The van der Waals surface area contributed by atoms with E-state index in [1.54, 1.807) is 11.8 Å². The first kappa shape index (κ1) is 23.0. The molecule has 1 N–H and O–H groups in total. The predicted octanol–water partition coefficient (Wildman–Crippen LogP) is 3.54. The minimum absolute atomic E-state index is 0.0508. The average molecular weight is 453 g/mol. The van der Waals surface area contributed by atoms with Crippen LogP contribution in [0.5, 0.6) is 0 Å². The van der Waals surface area contributed by atoms with Crippen molar-refractivity contribution in [1.29, 1.82) is 0 Å². The van der Waals surface area contributed by atoms with Crippen molar-refractivity contribution in [2.75, 3.05) is 12.0 Å². The summed E-state index contributed by atoms with van der Waals surface area (Å²) in [5.74, 6) is -1.19. The normalized spacial score (nSPS) is 21.3. The van der Waals surface area contributed by atoms with E-state index in [9.17, 15) is 14.4 Å². The van der Waals surface area contributed by atoms with Gasteiger partial charge in [-0.15, -0.1) is 0 Å². The Hall–Kier alpha value is -3.16. The molecule has 1 fully saturated rings. The van der Waals surface area contributed by atoms with Crippen molar-refractivity contribution < 1.29 is 19.1 Å². The number of methoxy groups -OCH3 is 1. The molecule has 1 saturated carbocycles. The van der Waals surface area contributed by atoms with Crippen molar-refractivity contribution in [3.63, 3.8) is 0 Å². The summed E-state index contributed by atoms with van der Waals surface area (Å²) in [4.78, 5) is 41.2. The molecule has 0 radical (unpaired) electrons. The van der Waals surface area contributed by atoms with Gasteiger partial charge in [0.15, 0.2) is 5.69 Å². The second-order valence-electron chi connectivity index (χ2n) is 9.43. The third-order valence-electron chi connectivity index (χ3n) is 6.82. The summed E-state index contributed by atoms with van der Waals surface area (Å²) >= 11 is 0. The van der Waals surface area contributed by atoms with E-state index in [2.05, 4.69) is 10.4 Å². The molecule has 4 rings (SSSR count). The maximum absolute atomic E-state index is 13.8. The van der Waals surface area contributed by atoms with Crippen molar-refractivity contribution in [2.45, 2.75) is 77.4 Å². The lowest BCUT2D eigenvalue weighted by Gasteiger charge is -2.44. The topological polar surface area (TPSA) is 93.5 Å². The zero-order valence-electron chi connectivity index (χ0n) is 19.8. The van der Waals surface area contributed by atoms with E-state index < -0.39 is 11.5 Å². The van der Waals surface area contributed by atoms with E-state index >= 15 is 0 Å². The third kappa shape index (κ3) is 4.26. The summed E-state index contributed by atoms with van der Waals surface area (Å²) in [5.41, 5.74) is 1.75. The van der Waals surface area contributed by atoms with Gasteiger partial charge in [-0.1, -0.05) is 43.4 Å². The van der Waals surface area contributed by atoms with Crippen LogP contribution in [0.3, 0.4) is 0 Å². The third-order valence-corrected chi connectivity index (χ3v) is 6.82. The van der Waals surface area contributed by atoms with Crippen LogP contribution in [0, 0.1) is 13.8 Å². The lowest BCUT2D eigenvalue weighted by molar-refractivity contribution is -0.127. The highest BCUT2D eigenvalue weighted by molar-refractivity contribution is 6.12. The molecule has 0 spiro atoms. The molecular weight excluding hydrogens is 420 g/mol. The molecule has 1 aliphatic heterocycles. The van der Waals surface area contributed by atoms with Gasteiger partial charge in [0, 0.05) is 17.8 Å². The minimum atomic E-state index is -1.21. The van der Waals surface area contributed by atoms with Gasteiger partial charge < -0.3 is 10.1 Å². The van der Waals surface area contributed by atoms with Crippen LogP contribution in [0.1, 0.15) is 77.6 Å². The first-order valence-electron chi connectivity index (χ1n) is 11.6. The van der Waals surface area contributed by atoms with Gasteiger partial charge in [0.2, 0.25) is 5.91 Å². The number of hydrogen-bond donors (Lipinski definition) is 1. The number of nitrogens with zero attached hydrogens (tertiary/aromatic N) is 3. The number of nitrogens with one attached hydrogen (secondary N) is 1. The predicted molar refractivity (Wildman–Crippen MR) is 124 cm³/mol. The van der Waals surface area contributed by atoms with Gasteiger partial charge in [0.1, 0.15) is 11.2 Å². The van der Waals surface area contributed by atoms with E-state index in [1.807, 2.05) is 32.0 Å². The zero-order chi connectivity index (χ0) is 23.8. The monoisotopic (exact) mass is 452 g/mol. The van der Waals surface area contributed by atoms with Crippen molar-refractivity contribution >= 4 is 23.5 Å². The molecule has 176 valence electrons. The number of rotatable bonds is 4. The quantitative estimate of drug-likeness (QED) is 0.566. The van der Waals surface area contributed by atoms with Gasteiger partial charge >= 0.3 is 5.97 Å². The van der Waals surface area contributed by atoms with Crippen LogP contribution < -0.4 is 10.2 Å². The number of ether oxygens (including phenoxy) is 1. The number of esters is 1. The molecule has 33 heavy (non-hydrogen) atoms. The van der Waals surface area contributed by atoms with E-state index in [4.69, 9.17) is 4.74 Å². The lowest BCUT2D eigenvalue weighted by atomic mass is 9.92. The molecule has 0 bridgehead atoms. The molecule has 2 amide bonds. The first-order valence-corrected chi connectivity index (χ1v) is 11.6. The summed E-state index contributed by atoms with van der Waals surface area (Å²) in [6.45, 7) is 5.84. The Morgan fingerprint density at radius 2 is 1.82 bits per heavy atom. The van der Waals surface area contributed by atoms with Crippen molar-refractivity contribution in [3.05, 3.63) is 46.8 Å². The molecule has 8 heteroatoms. The van der Waals surface area contributed by atoms with Crippen LogP contribution in [-0.2, 0) is 16.1 Å². The summed E-state index contributed by atoms with van der Waals surface area (Å²) in [6, 6.07) is 7.35. The van der Waals surface area contributed by atoms with E-state index in [-0.39, 0.29) is 35.8 Å². The molecule has 8 nitrogen and oxygen atoms in total. The van der Waals surface area contributed by atoms with E-state index in [1.165, 1.54) is 30.7 Å². The number of amides is 2. The smallest absolute Gasteiger partial charge is 0.358 e. The highest BCUT2D eigenvalue weighted by Crippen LogP contribution is 2.35. The number of anilines is 1. The van der Waals surface area contributed by atoms with Gasteiger partial charge in [-0.2, -0.15) is 5.10 Å². The van der Waals surface area contributed by atoms with Crippen LogP contribution in [0.15, 0.2) is 24.3 Å². The Labute approximate surface area is 194 Å². The van der Waals surface area contributed by atoms with Crippen molar-refractivity contribution in [2.24, 2.45) is 0 Å². The van der Waals surface area contributed by atoms with Crippen LogP contribution in [0.25, 0.3) is 0 Å². The largest absolute Gasteiger partial charge is 0.464 e. The first-order chi connectivity index (χ1) is 15.7. The number of benzene rings is 1. The Balaban J connectivity index is 1.77. The number of aromatic nitrogens is 2. The summed E-state index contributed by atoms with van der Waals surface area (Å²) in [5, 5.41) is 7.52. The molecule has 1 aromatic heterocycles. The number of carbonyl (C=O) groups is 3. The Bertz CT molecular complexity index is 1080. The SMILES string of the molecule is COC(=O)c1cc2n(n1)C[C@](C)(C(=O)NC1CCCCCC1)N(c1ccc(C)cc1C)C2=O. The van der Waals surface area contributed by atoms with Gasteiger partial charge in [-0.3, -0.25) is 19.2 Å². The van der Waals surface area contributed by atoms with Gasteiger partial charge in [-0.05, 0) is 45.2 Å². The van der Waals surface area contributed by atoms with Crippen molar-refractivity contribution in [1.82, 2.24) is 15.1 Å². The van der Waals surface area contributed by atoms with Crippen LogP contribution in [-0.4, -0.2) is 46.3 Å². The fraction of sp³-hybridized carbons (Fsp3) is 0.520. The maximum atomic E-state index is 13.8. The Morgan fingerprint density at radius 3 is 2.45 bits per heavy atom. The maximum Gasteiger partial charge on any atom is 0.358 e. The Morgan fingerprint density at radius 1 is 1.12 bits per heavy atom. The van der Waals surface area contributed by atoms with Crippen molar-refractivity contribution in [3.8, 4) is 0 Å². The Kier molecular flexibility index (Phi) is 6.28. The highest BCUT2D eigenvalue weighted by atomic mass is 16.5. The van der Waals surface area contributed by atoms with Gasteiger partial charge in [0.25, 0.3) is 5.91 Å². The molecule has 2 heterocycles. The number of fused-ring (bicyclic) bond motifs is 1. The molecule has 1 aromatic carbocycles. The molecular formula is C25H32N4O4. The molecule has 0 saturated heterocycles. The summed E-state index contributed by atoms with van der Waals surface area (Å²) in [7, 11) is 1.27. The fourth-order valence-corrected chi connectivity index (χ4v) is 4.98. The number of aryl methyl sites for hydroxylation is 2. The zero-order valence-corrected chi connectivity index (χ0v) is 19.8. The molecule has 2 aliphatic rings. The molecule has 2 aromatic rings. The molecule has 1 atom stereocenters. The molecule has 1 aliphatic carbocycles. The average Bonchev–Trinajstić information content (AvgIpc) is 3.03. The van der Waals surface area contributed by atoms with Gasteiger partial charge in [0.05, 0.1) is 13.7 Å². The second kappa shape index (κ2) is 9.00. The van der Waals surface area contributed by atoms with Crippen LogP contribution >= 0.6 is 0 Å². The van der Waals surface area contributed by atoms with Gasteiger partial charge in [-0.25, -0.2) is 4.79 Å². The summed E-state index contributed by atoms with van der Waals surface area (Å²) in [6.07, 6.45) is 6.44. The number of carbonyl (C=O) groups excluding carboxylic acids is 3. The molecule has 0 unspecified atom stereocenters. The second-order valence-corrected chi connectivity index (χ2v) is 9.43.